The van der Waals surface area contributed by atoms with Crippen LogP contribution < -0.4 is 15.8 Å². The van der Waals surface area contributed by atoms with Gasteiger partial charge in [0.25, 0.3) is 0 Å². The number of benzene rings is 1. The van der Waals surface area contributed by atoms with E-state index in [2.05, 4.69) is 30.1 Å². The standard InChI is InChI=1S/C21H25N3O2S/c1-4-5-19(27-3)12-13-23-15(2)16-6-9-18(10-7-16)26-20-11-8-17(14-24-20)21(22)25/h4-11,14-15,23H,1,12-13H2,2-3H3,(H2,22,25)/b19-5-. The molecule has 0 aliphatic rings. The van der Waals surface area contributed by atoms with Crippen molar-refractivity contribution in [2.45, 2.75) is 19.4 Å². The van der Waals surface area contributed by atoms with Crippen LogP contribution in [0.2, 0.25) is 0 Å². The minimum Gasteiger partial charge on any atom is -0.439 e. The molecule has 1 aromatic carbocycles. The average molecular weight is 384 g/mol. The summed E-state index contributed by atoms with van der Waals surface area (Å²) >= 11 is 1.75. The minimum atomic E-state index is -0.510. The first kappa shape index (κ1) is 20.7. The van der Waals surface area contributed by atoms with Crippen molar-refractivity contribution in [2.75, 3.05) is 12.8 Å². The molecule has 6 heteroatoms. The zero-order chi connectivity index (χ0) is 19.6. The predicted molar refractivity (Wildman–Crippen MR) is 112 cm³/mol. The number of ether oxygens (including phenoxy) is 1. The molecule has 27 heavy (non-hydrogen) atoms. The molecule has 0 aliphatic carbocycles. The Kier molecular flexibility index (Phi) is 8.10. The van der Waals surface area contributed by atoms with Crippen molar-refractivity contribution < 1.29 is 9.53 Å². The smallest absolute Gasteiger partial charge is 0.250 e. The van der Waals surface area contributed by atoms with Crippen LogP contribution in [0, 0.1) is 0 Å². The van der Waals surface area contributed by atoms with Gasteiger partial charge in [-0.25, -0.2) is 4.98 Å². The van der Waals surface area contributed by atoms with Crippen LogP contribution in [0.15, 0.2) is 66.2 Å². The first-order chi connectivity index (χ1) is 13.0. The third-order valence-electron chi connectivity index (χ3n) is 4.01. The second-order valence-electron chi connectivity index (χ2n) is 5.92. The molecule has 1 heterocycles. The molecule has 1 aromatic heterocycles. The Morgan fingerprint density at radius 1 is 1.33 bits per heavy atom. The van der Waals surface area contributed by atoms with E-state index in [9.17, 15) is 4.79 Å². The monoisotopic (exact) mass is 383 g/mol. The summed E-state index contributed by atoms with van der Waals surface area (Å²) in [5, 5.41) is 3.52. The Labute approximate surface area is 164 Å². The third kappa shape index (κ3) is 6.58. The van der Waals surface area contributed by atoms with Gasteiger partial charge in [0.2, 0.25) is 11.8 Å². The summed E-state index contributed by atoms with van der Waals surface area (Å²) < 4.78 is 5.70. The first-order valence-corrected chi connectivity index (χ1v) is 9.88. The lowest BCUT2D eigenvalue weighted by atomic mass is 10.1. The fraction of sp³-hybridized carbons (Fsp3) is 0.238. The molecule has 0 aliphatic heterocycles. The van der Waals surface area contributed by atoms with Crippen molar-refractivity contribution in [3.05, 3.63) is 77.4 Å². The number of carbonyl (C=O) groups is 1. The highest BCUT2D eigenvalue weighted by molar-refractivity contribution is 8.02. The van der Waals surface area contributed by atoms with E-state index in [1.165, 1.54) is 16.7 Å². The van der Waals surface area contributed by atoms with Gasteiger partial charge in [-0.3, -0.25) is 4.79 Å². The number of thioether (sulfide) groups is 1. The number of nitrogens with one attached hydrogen (secondary N) is 1. The van der Waals surface area contributed by atoms with Crippen molar-refractivity contribution >= 4 is 17.7 Å². The van der Waals surface area contributed by atoms with E-state index in [0.29, 0.717) is 17.2 Å². The molecule has 0 radical (unpaired) electrons. The van der Waals surface area contributed by atoms with Gasteiger partial charge in [-0.05, 0) is 48.3 Å². The molecule has 142 valence electrons. The van der Waals surface area contributed by atoms with E-state index in [-0.39, 0.29) is 6.04 Å². The lowest BCUT2D eigenvalue weighted by Crippen LogP contribution is -2.19. The summed E-state index contributed by atoms with van der Waals surface area (Å²) in [4.78, 5) is 16.5. The molecule has 1 atom stereocenters. The molecule has 5 nitrogen and oxygen atoms in total. The molecule has 2 aromatic rings. The van der Waals surface area contributed by atoms with Gasteiger partial charge in [0, 0.05) is 24.8 Å². The highest BCUT2D eigenvalue weighted by Crippen LogP contribution is 2.22. The van der Waals surface area contributed by atoms with Gasteiger partial charge in [-0.15, -0.1) is 11.8 Å². The molecule has 0 fully saturated rings. The Morgan fingerprint density at radius 3 is 2.63 bits per heavy atom. The van der Waals surface area contributed by atoms with Gasteiger partial charge in [0.05, 0.1) is 5.56 Å². The van der Waals surface area contributed by atoms with Crippen LogP contribution in [0.4, 0.5) is 0 Å². The maximum Gasteiger partial charge on any atom is 0.250 e. The number of rotatable bonds is 10. The maximum absolute atomic E-state index is 11.1. The van der Waals surface area contributed by atoms with Crippen LogP contribution >= 0.6 is 11.8 Å². The molecule has 0 spiro atoms. The minimum absolute atomic E-state index is 0.235. The molecule has 1 unspecified atom stereocenters. The number of carbonyl (C=O) groups excluding carboxylic acids is 1. The number of pyridine rings is 1. The highest BCUT2D eigenvalue weighted by atomic mass is 32.2. The lowest BCUT2D eigenvalue weighted by Gasteiger charge is -2.15. The molecule has 0 bridgehead atoms. The normalized spacial score (nSPS) is 12.4. The number of allylic oxidation sites excluding steroid dienone is 2. The van der Waals surface area contributed by atoms with Crippen molar-refractivity contribution in [2.24, 2.45) is 5.73 Å². The predicted octanol–water partition coefficient (Wildman–Crippen LogP) is 4.45. The fourth-order valence-electron chi connectivity index (χ4n) is 2.45. The Morgan fingerprint density at radius 2 is 2.07 bits per heavy atom. The van der Waals surface area contributed by atoms with E-state index in [0.717, 1.165) is 13.0 Å². The quantitative estimate of drug-likeness (QED) is 0.593. The molecule has 0 saturated carbocycles. The van der Waals surface area contributed by atoms with Crippen LogP contribution in [-0.4, -0.2) is 23.7 Å². The van der Waals surface area contributed by atoms with Crippen molar-refractivity contribution in [1.82, 2.24) is 10.3 Å². The van der Waals surface area contributed by atoms with Gasteiger partial charge in [-0.1, -0.05) is 30.9 Å². The van der Waals surface area contributed by atoms with Crippen LogP contribution in [0.25, 0.3) is 0 Å². The van der Waals surface area contributed by atoms with Gasteiger partial charge in [-0.2, -0.15) is 0 Å². The summed E-state index contributed by atoms with van der Waals surface area (Å²) in [6.45, 7) is 6.78. The Hall–Kier alpha value is -2.57. The Bertz CT molecular complexity index is 786. The second-order valence-corrected chi connectivity index (χ2v) is 6.85. The summed E-state index contributed by atoms with van der Waals surface area (Å²) in [6, 6.07) is 11.3. The van der Waals surface area contributed by atoms with E-state index < -0.39 is 5.91 Å². The summed E-state index contributed by atoms with van der Waals surface area (Å²) in [5.41, 5.74) is 6.73. The van der Waals surface area contributed by atoms with E-state index in [1.54, 1.807) is 23.9 Å². The number of primary amides is 1. The van der Waals surface area contributed by atoms with Gasteiger partial charge in [0.1, 0.15) is 5.75 Å². The van der Waals surface area contributed by atoms with Crippen LogP contribution in [0.5, 0.6) is 11.6 Å². The van der Waals surface area contributed by atoms with Crippen molar-refractivity contribution in [3.8, 4) is 11.6 Å². The molecule has 2 rings (SSSR count). The van der Waals surface area contributed by atoms with Crippen molar-refractivity contribution in [3.63, 3.8) is 0 Å². The molecule has 1 amide bonds. The van der Waals surface area contributed by atoms with E-state index in [4.69, 9.17) is 10.5 Å². The molecule has 0 saturated heterocycles. The topological polar surface area (TPSA) is 77.2 Å². The molecule has 3 N–H and O–H groups in total. The second kappa shape index (κ2) is 10.5. The van der Waals surface area contributed by atoms with Gasteiger partial charge < -0.3 is 15.8 Å². The Balaban J connectivity index is 1.89. The number of nitrogens with zero attached hydrogens (tertiary/aromatic N) is 1. The van der Waals surface area contributed by atoms with Gasteiger partial charge in [0.15, 0.2) is 0 Å². The highest BCUT2D eigenvalue weighted by Gasteiger charge is 2.07. The van der Waals surface area contributed by atoms with Crippen LogP contribution in [0.3, 0.4) is 0 Å². The van der Waals surface area contributed by atoms with Crippen LogP contribution in [0.1, 0.15) is 35.3 Å². The average Bonchev–Trinajstić information content (AvgIpc) is 2.68. The fourth-order valence-corrected chi connectivity index (χ4v) is 2.98. The zero-order valence-electron chi connectivity index (χ0n) is 15.6. The largest absolute Gasteiger partial charge is 0.439 e. The summed E-state index contributed by atoms with van der Waals surface area (Å²) in [5.74, 6) is 0.589. The van der Waals surface area contributed by atoms with E-state index in [1.807, 2.05) is 36.4 Å². The van der Waals surface area contributed by atoms with Crippen LogP contribution in [-0.2, 0) is 0 Å². The SMILES string of the molecule is C=C/C=C(/CCNC(C)c1ccc(Oc2ccc(C(N)=O)cn2)cc1)SC. The molecular weight excluding hydrogens is 358 g/mol. The number of amides is 1. The third-order valence-corrected chi connectivity index (χ3v) is 4.88. The van der Waals surface area contributed by atoms with Crippen molar-refractivity contribution in [1.29, 1.82) is 0 Å². The summed E-state index contributed by atoms with van der Waals surface area (Å²) in [7, 11) is 0. The number of nitrogens with two attached hydrogens (primary N) is 1. The molecular formula is C21H25N3O2S. The lowest BCUT2D eigenvalue weighted by molar-refractivity contribution is 0.1000. The summed E-state index contributed by atoms with van der Waals surface area (Å²) in [6.07, 6.45) is 8.33. The van der Waals surface area contributed by atoms with Gasteiger partial charge >= 0.3 is 0 Å². The number of aromatic nitrogens is 1. The zero-order valence-corrected chi connectivity index (χ0v) is 16.5. The first-order valence-electron chi connectivity index (χ1n) is 8.66. The number of hydrogen-bond acceptors (Lipinski definition) is 5. The van der Waals surface area contributed by atoms with E-state index >= 15 is 0 Å². The maximum atomic E-state index is 11.1. The number of hydrogen-bond donors (Lipinski definition) is 2.